The topological polar surface area (TPSA) is 12.9 Å². The number of aryl methyl sites for hydroxylation is 1. The lowest BCUT2D eigenvalue weighted by molar-refractivity contribution is 0.515. The average Bonchev–Trinajstić information content (AvgIpc) is 2.34. The summed E-state index contributed by atoms with van der Waals surface area (Å²) in [6, 6.07) is 2.66. The second-order valence-electron chi connectivity index (χ2n) is 3.83. The van der Waals surface area contributed by atoms with Crippen LogP contribution in [0.1, 0.15) is 18.2 Å². The van der Waals surface area contributed by atoms with Crippen molar-refractivity contribution < 1.29 is 8.78 Å². The Labute approximate surface area is 103 Å². The van der Waals surface area contributed by atoms with Gasteiger partial charge in [0.2, 0.25) is 0 Å². The molecule has 0 unspecified atom stereocenters. The van der Waals surface area contributed by atoms with Crippen LogP contribution in [0.5, 0.6) is 0 Å². The second kappa shape index (κ2) is 4.61. The van der Waals surface area contributed by atoms with E-state index in [1.807, 2.05) is 20.1 Å². The summed E-state index contributed by atoms with van der Waals surface area (Å²) in [5, 5.41) is 0.298. The first kappa shape index (κ1) is 12.3. The van der Waals surface area contributed by atoms with Gasteiger partial charge in [0.1, 0.15) is 0 Å². The van der Waals surface area contributed by atoms with Crippen molar-refractivity contribution in [2.75, 3.05) is 6.26 Å². The molecule has 17 heavy (non-hydrogen) atoms. The Morgan fingerprint density at radius 1 is 1.29 bits per heavy atom. The third kappa shape index (κ3) is 1.90. The fraction of sp³-hybridized carbons (Fsp3) is 0.308. The first-order valence-electron chi connectivity index (χ1n) is 5.41. The SMILES string of the molecule is CCc1nc2ccc(F)c(F)c2c(SC)c1C. The maximum absolute atomic E-state index is 13.8. The van der Waals surface area contributed by atoms with Gasteiger partial charge in [0.05, 0.1) is 10.9 Å². The zero-order chi connectivity index (χ0) is 12.6. The molecule has 0 aliphatic heterocycles. The molecule has 0 aliphatic rings. The number of aromatic nitrogens is 1. The summed E-state index contributed by atoms with van der Waals surface area (Å²) in [5.74, 6) is -1.62. The van der Waals surface area contributed by atoms with E-state index in [0.29, 0.717) is 10.9 Å². The van der Waals surface area contributed by atoms with Crippen LogP contribution in [0.3, 0.4) is 0 Å². The van der Waals surface area contributed by atoms with E-state index < -0.39 is 11.6 Å². The molecule has 90 valence electrons. The standard InChI is InChI=1S/C13H13F2NS/c1-4-9-7(2)13(17-3)11-10(16-9)6-5-8(14)12(11)15/h5-6H,4H2,1-3H3. The Kier molecular flexibility index (Phi) is 3.33. The zero-order valence-electron chi connectivity index (χ0n) is 9.97. The van der Waals surface area contributed by atoms with Gasteiger partial charge in [-0.1, -0.05) is 6.92 Å². The lowest BCUT2D eigenvalue weighted by atomic mass is 10.1. The summed E-state index contributed by atoms with van der Waals surface area (Å²) in [7, 11) is 0. The molecule has 1 nitrogen and oxygen atoms in total. The second-order valence-corrected chi connectivity index (χ2v) is 4.64. The van der Waals surface area contributed by atoms with Gasteiger partial charge in [-0.3, -0.25) is 4.98 Å². The van der Waals surface area contributed by atoms with Gasteiger partial charge in [-0.25, -0.2) is 8.78 Å². The molecule has 0 spiro atoms. The molecule has 0 atom stereocenters. The fourth-order valence-corrected chi connectivity index (χ4v) is 2.82. The highest BCUT2D eigenvalue weighted by Gasteiger charge is 2.16. The van der Waals surface area contributed by atoms with Gasteiger partial charge in [-0.15, -0.1) is 11.8 Å². The molecule has 0 N–H and O–H groups in total. The minimum atomic E-state index is -0.821. The van der Waals surface area contributed by atoms with E-state index in [0.717, 1.165) is 28.6 Å². The van der Waals surface area contributed by atoms with E-state index in [-0.39, 0.29) is 0 Å². The van der Waals surface area contributed by atoms with E-state index in [2.05, 4.69) is 4.98 Å². The largest absolute Gasteiger partial charge is 0.252 e. The Hall–Kier alpha value is -1.16. The van der Waals surface area contributed by atoms with E-state index in [9.17, 15) is 8.78 Å². The van der Waals surface area contributed by atoms with Gasteiger partial charge in [0, 0.05) is 10.6 Å². The van der Waals surface area contributed by atoms with Gasteiger partial charge < -0.3 is 0 Å². The molecule has 1 heterocycles. The van der Waals surface area contributed by atoms with E-state index in [1.165, 1.54) is 17.8 Å². The molecule has 0 saturated heterocycles. The summed E-state index contributed by atoms with van der Waals surface area (Å²) in [4.78, 5) is 5.17. The molecule has 1 aromatic heterocycles. The molecule has 2 aromatic rings. The van der Waals surface area contributed by atoms with Crippen molar-refractivity contribution >= 4 is 22.7 Å². The minimum absolute atomic E-state index is 0.298. The molecule has 0 amide bonds. The molecule has 4 heteroatoms. The molecular weight excluding hydrogens is 240 g/mol. The number of hydrogen-bond donors (Lipinski definition) is 0. The Morgan fingerprint density at radius 3 is 2.59 bits per heavy atom. The Morgan fingerprint density at radius 2 is 2.00 bits per heavy atom. The maximum Gasteiger partial charge on any atom is 0.169 e. The number of rotatable bonds is 2. The fourth-order valence-electron chi connectivity index (χ4n) is 2.00. The third-order valence-corrected chi connectivity index (χ3v) is 3.79. The first-order valence-corrected chi connectivity index (χ1v) is 6.63. The van der Waals surface area contributed by atoms with Crippen LogP contribution in [0, 0.1) is 18.6 Å². The lowest BCUT2D eigenvalue weighted by Gasteiger charge is -2.12. The van der Waals surface area contributed by atoms with Crippen LogP contribution in [0.4, 0.5) is 8.78 Å². The van der Waals surface area contributed by atoms with Crippen LogP contribution in [0.15, 0.2) is 17.0 Å². The van der Waals surface area contributed by atoms with Crippen molar-refractivity contribution in [1.82, 2.24) is 4.98 Å². The summed E-state index contributed by atoms with van der Waals surface area (Å²) >= 11 is 1.43. The van der Waals surface area contributed by atoms with Gasteiger partial charge in [-0.2, -0.15) is 0 Å². The molecule has 0 aliphatic carbocycles. The highest BCUT2D eigenvalue weighted by molar-refractivity contribution is 7.98. The minimum Gasteiger partial charge on any atom is -0.252 e. The number of benzene rings is 1. The van der Waals surface area contributed by atoms with Crippen LogP contribution in [0.2, 0.25) is 0 Å². The van der Waals surface area contributed by atoms with Crippen molar-refractivity contribution in [3.8, 4) is 0 Å². The molecule has 0 radical (unpaired) electrons. The summed E-state index contributed by atoms with van der Waals surface area (Å²) in [6.07, 6.45) is 2.65. The number of thioether (sulfide) groups is 1. The van der Waals surface area contributed by atoms with Crippen LogP contribution in [0.25, 0.3) is 10.9 Å². The lowest BCUT2D eigenvalue weighted by Crippen LogP contribution is -1.99. The Balaban J connectivity index is 2.94. The van der Waals surface area contributed by atoms with Crippen LogP contribution < -0.4 is 0 Å². The quantitative estimate of drug-likeness (QED) is 0.747. The predicted octanol–water partition coefficient (Wildman–Crippen LogP) is 4.11. The normalized spacial score (nSPS) is 11.1. The van der Waals surface area contributed by atoms with Crippen molar-refractivity contribution in [2.24, 2.45) is 0 Å². The van der Waals surface area contributed by atoms with Gasteiger partial charge >= 0.3 is 0 Å². The van der Waals surface area contributed by atoms with Gasteiger partial charge in [0.25, 0.3) is 0 Å². The predicted molar refractivity (Wildman–Crippen MR) is 67.6 cm³/mol. The van der Waals surface area contributed by atoms with Crippen molar-refractivity contribution in [2.45, 2.75) is 25.2 Å². The van der Waals surface area contributed by atoms with Crippen molar-refractivity contribution in [3.05, 3.63) is 35.0 Å². The number of halogens is 2. The number of hydrogen-bond acceptors (Lipinski definition) is 2. The summed E-state index contributed by atoms with van der Waals surface area (Å²) in [5.41, 5.74) is 2.40. The van der Waals surface area contributed by atoms with E-state index in [1.54, 1.807) is 0 Å². The van der Waals surface area contributed by atoms with Crippen molar-refractivity contribution in [3.63, 3.8) is 0 Å². The monoisotopic (exact) mass is 253 g/mol. The highest BCUT2D eigenvalue weighted by Crippen LogP contribution is 2.33. The first-order chi connectivity index (χ1) is 8.10. The average molecular weight is 253 g/mol. The summed E-state index contributed by atoms with van der Waals surface area (Å²) < 4.78 is 27.1. The molecule has 1 aromatic carbocycles. The number of pyridine rings is 1. The summed E-state index contributed by atoms with van der Waals surface area (Å²) in [6.45, 7) is 3.91. The van der Waals surface area contributed by atoms with Crippen LogP contribution in [-0.2, 0) is 6.42 Å². The van der Waals surface area contributed by atoms with E-state index in [4.69, 9.17) is 0 Å². The molecule has 0 bridgehead atoms. The number of nitrogens with zero attached hydrogens (tertiary/aromatic N) is 1. The third-order valence-electron chi connectivity index (χ3n) is 2.87. The zero-order valence-corrected chi connectivity index (χ0v) is 10.8. The molecule has 0 fully saturated rings. The molecular formula is C13H13F2NS. The van der Waals surface area contributed by atoms with Crippen molar-refractivity contribution in [1.29, 1.82) is 0 Å². The Bertz CT molecular complexity index is 581. The maximum atomic E-state index is 13.8. The highest BCUT2D eigenvalue weighted by atomic mass is 32.2. The van der Waals surface area contributed by atoms with Gasteiger partial charge in [-0.05, 0) is 37.3 Å². The number of fused-ring (bicyclic) bond motifs is 1. The van der Waals surface area contributed by atoms with E-state index >= 15 is 0 Å². The smallest absolute Gasteiger partial charge is 0.169 e. The van der Waals surface area contributed by atoms with Gasteiger partial charge in [0.15, 0.2) is 11.6 Å². The van der Waals surface area contributed by atoms with Crippen LogP contribution >= 0.6 is 11.8 Å². The molecule has 2 rings (SSSR count). The molecule has 0 saturated carbocycles. The van der Waals surface area contributed by atoms with Crippen LogP contribution in [-0.4, -0.2) is 11.2 Å².